The highest BCUT2D eigenvalue weighted by atomic mass is 35.5. The number of amides is 2. The van der Waals surface area contributed by atoms with Crippen molar-refractivity contribution in [2.45, 2.75) is 63.6 Å². The largest absolute Gasteiger partial charge is 0.417 e. The highest BCUT2D eigenvalue weighted by molar-refractivity contribution is 6.31. The van der Waals surface area contributed by atoms with Gasteiger partial charge in [-0.1, -0.05) is 36.1 Å². The van der Waals surface area contributed by atoms with Crippen molar-refractivity contribution >= 4 is 23.3 Å². The lowest BCUT2D eigenvalue weighted by Crippen LogP contribution is -2.46. The molecule has 2 aliphatic rings. The van der Waals surface area contributed by atoms with Crippen LogP contribution >= 0.6 is 11.6 Å². The van der Waals surface area contributed by atoms with Gasteiger partial charge in [-0.2, -0.15) is 13.2 Å². The molecule has 166 valence electrons. The van der Waals surface area contributed by atoms with Gasteiger partial charge in [0.15, 0.2) is 0 Å². The zero-order chi connectivity index (χ0) is 21.6. The van der Waals surface area contributed by atoms with Gasteiger partial charge in [0.2, 0.25) is 0 Å². The Morgan fingerprint density at radius 3 is 2.60 bits per heavy atom. The zero-order valence-electron chi connectivity index (χ0n) is 17.0. The predicted octanol–water partition coefficient (Wildman–Crippen LogP) is 6.23. The van der Waals surface area contributed by atoms with Crippen LogP contribution in [0.25, 0.3) is 0 Å². The van der Waals surface area contributed by atoms with Gasteiger partial charge in [0.25, 0.3) is 0 Å². The Labute approximate surface area is 180 Å². The molecule has 0 radical (unpaired) electrons. The van der Waals surface area contributed by atoms with Crippen LogP contribution in [0.1, 0.15) is 56.9 Å². The molecule has 3 rings (SSSR count). The first-order valence-electron chi connectivity index (χ1n) is 10.7. The van der Waals surface area contributed by atoms with Crippen molar-refractivity contribution in [1.82, 2.24) is 10.2 Å². The van der Waals surface area contributed by atoms with Crippen LogP contribution in [0, 0.1) is 0 Å². The van der Waals surface area contributed by atoms with Crippen molar-refractivity contribution in [1.29, 1.82) is 0 Å². The minimum absolute atomic E-state index is 0.0157. The third-order valence-electron chi connectivity index (χ3n) is 5.76. The van der Waals surface area contributed by atoms with Crippen molar-refractivity contribution in [2.24, 2.45) is 0 Å². The lowest BCUT2D eigenvalue weighted by Gasteiger charge is -2.33. The van der Waals surface area contributed by atoms with Gasteiger partial charge >= 0.3 is 12.2 Å². The number of carbonyl (C=O) groups is 1. The zero-order valence-corrected chi connectivity index (χ0v) is 17.8. The summed E-state index contributed by atoms with van der Waals surface area (Å²) in [6.45, 7) is 2.81. The van der Waals surface area contributed by atoms with Crippen LogP contribution in [-0.4, -0.2) is 36.6 Å². The lowest BCUT2D eigenvalue weighted by molar-refractivity contribution is -0.137. The van der Waals surface area contributed by atoms with Gasteiger partial charge in [0.05, 0.1) is 10.6 Å². The number of urea groups is 1. The number of hydrogen-bond acceptors (Lipinski definition) is 2. The first kappa shape index (κ1) is 22.9. The van der Waals surface area contributed by atoms with Crippen LogP contribution in [0.4, 0.5) is 23.7 Å². The van der Waals surface area contributed by atoms with E-state index in [1.807, 2.05) is 0 Å². The minimum Gasteiger partial charge on any atom is -0.335 e. The van der Waals surface area contributed by atoms with Gasteiger partial charge in [-0.3, -0.25) is 4.90 Å². The Morgan fingerprint density at radius 1 is 1.13 bits per heavy atom. The van der Waals surface area contributed by atoms with Crippen molar-refractivity contribution in [3.8, 4) is 0 Å². The molecule has 0 spiro atoms. The molecule has 4 nitrogen and oxygen atoms in total. The first-order chi connectivity index (χ1) is 14.3. The maximum atomic E-state index is 13.0. The van der Waals surface area contributed by atoms with Gasteiger partial charge in [-0.25, -0.2) is 4.79 Å². The number of nitrogens with zero attached hydrogens (tertiary/aromatic N) is 1. The summed E-state index contributed by atoms with van der Waals surface area (Å²) >= 11 is 5.62. The van der Waals surface area contributed by atoms with Crippen LogP contribution in [0.3, 0.4) is 0 Å². The second-order valence-corrected chi connectivity index (χ2v) is 8.56. The number of alkyl halides is 3. The molecular weight excluding hydrogens is 415 g/mol. The molecule has 30 heavy (non-hydrogen) atoms. The van der Waals surface area contributed by atoms with E-state index in [4.69, 9.17) is 11.6 Å². The molecule has 0 saturated carbocycles. The molecule has 2 amide bonds. The molecule has 0 bridgehead atoms. The minimum atomic E-state index is -4.57. The summed E-state index contributed by atoms with van der Waals surface area (Å²) in [7, 11) is 0. The van der Waals surface area contributed by atoms with Crippen molar-refractivity contribution in [3.05, 3.63) is 40.4 Å². The summed E-state index contributed by atoms with van der Waals surface area (Å²) in [5, 5.41) is 4.98. The normalized spacial score (nSPS) is 21.3. The topological polar surface area (TPSA) is 44.4 Å². The van der Waals surface area contributed by atoms with E-state index in [1.165, 1.54) is 50.2 Å². The molecule has 1 aromatic carbocycles. The van der Waals surface area contributed by atoms with E-state index in [2.05, 4.69) is 21.6 Å². The number of hydrogen-bond donors (Lipinski definition) is 2. The molecule has 0 unspecified atom stereocenters. The fourth-order valence-corrected chi connectivity index (χ4v) is 4.32. The molecule has 2 N–H and O–H groups in total. The number of piperidine rings is 1. The number of benzene rings is 1. The van der Waals surface area contributed by atoms with Crippen molar-refractivity contribution in [2.75, 3.05) is 25.0 Å². The molecule has 0 aromatic heterocycles. The molecule has 1 aliphatic carbocycles. The molecule has 1 fully saturated rings. The predicted molar refractivity (Wildman–Crippen MR) is 114 cm³/mol. The van der Waals surface area contributed by atoms with Crippen LogP contribution < -0.4 is 10.6 Å². The quantitative estimate of drug-likeness (QED) is 0.542. The number of allylic oxidation sites excluding steroid dienone is 1. The summed E-state index contributed by atoms with van der Waals surface area (Å²) < 4.78 is 38.9. The van der Waals surface area contributed by atoms with E-state index in [9.17, 15) is 18.0 Å². The van der Waals surface area contributed by atoms with E-state index in [1.54, 1.807) is 0 Å². The lowest BCUT2D eigenvalue weighted by atomic mass is 9.98. The van der Waals surface area contributed by atoms with Gasteiger partial charge < -0.3 is 10.6 Å². The highest BCUT2D eigenvalue weighted by Crippen LogP contribution is 2.36. The second-order valence-electron chi connectivity index (χ2n) is 8.16. The molecule has 1 heterocycles. The summed E-state index contributed by atoms with van der Waals surface area (Å²) in [6.07, 6.45) is 7.04. The molecule has 8 heteroatoms. The van der Waals surface area contributed by atoms with Crippen LogP contribution in [0.2, 0.25) is 5.02 Å². The Kier molecular flexibility index (Phi) is 8.06. The third-order valence-corrected chi connectivity index (χ3v) is 6.09. The van der Waals surface area contributed by atoms with Crippen LogP contribution in [0.15, 0.2) is 29.8 Å². The number of carbonyl (C=O) groups excluding carboxylic acids is 1. The monoisotopic (exact) mass is 443 g/mol. The smallest absolute Gasteiger partial charge is 0.335 e. The van der Waals surface area contributed by atoms with Gasteiger partial charge in [0.1, 0.15) is 0 Å². The van der Waals surface area contributed by atoms with Crippen molar-refractivity contribution < 1.29 is 18.0 Å². The van der Waals surface area contributed by atoms with E-state index < -0.39 is 17.8 Å². The SMILES string of the molecule is O=C(Nc1ccc(Cl)c(C(F)(F)F)c1)NC1CCN(C/C2=C/CCCCCC2)CC1. The Hall–Kier alpha value is -1.73. The summed E-state index contributed by atoms with van der Waals surface area (Å²) in [4.78, 5) is 14.7. The Balaban J connectivity index is 1.45. The fraction of sp³-hybridized carbons (Fsp3) is 0.591. The summed E-state index contributed by atoms with van der Waals surface area (Å²) in [5.41, 5.74) is 0.638. The molecule has 1 aliphatic heterocycles. The van der Waals surface area contributed by atoms with E-state index in [-0.39, 0.29) is 16.8 Å². The number of halogens is 4. The number of likely N-dealkylation sites (tertiary alicyclic amines) is 1. The van der Waals surface area contributed by atoms with Crippen LogP contribution in [0.5, 0.6) is 0 Å². The molecular formula is C22H29ClF3N3O. The standard InChI is InChI=1S/C22H29ClF3N3O/c23-20-9-8-18(14-19(20)22(24,25)26)28-21(30)27-17-10-12-29(13-11-17)15-16-6-4-2-1-3-5-7-16/h6,8-9,14,17H,1-5,7,10-13,15H2,(H2,27,28,30)/b16-6+. The number of nitrogens with one attached hydrogen (secondary N) is 2. The fourth-order valence-electron chi connectivity index (χ4n) is 4.10. The van der Waals surface area contributed by atoms with Gasteiger partial charge in [-0.05, 0) is 56.7 Å². The molecule has 0 atom stereocenters. The Morgan fingerprint density at radius 2 is 1.87 bits per heavy atom. The third kappa shape index (κ3) is 6.91. The van der Waals surface area contributed by atoms with E-state index in [0.717, 1.165) is 44.6 Å². The van der Waals surface area contributed by atoms with E-state index in [0.29, 0.717) is 0 Å². The number of anilines is 1. The second kappa shape index (κ2) is 10.5. The maximum Gasteiger partial charge on any atom is 0.417 e. The summed E-state index contributed by atoms with van der Waals surface area (Å²) in [6, 6.07) is 2.88. The maximum absolute atomic E-state index is 13.0. The number of rotatable bonds is 4. The van der Waals surface area contributed by atoms with Gasteiger partial charge in [-0.15, -0.1) is 0 Å². The average molecular weight is 444 g/mol. The first-order valence-corrected chi connectivity index (χ1v) is 11.0. The Bertz CT molecular complexity index is 758. The molecule has 1 saturated heterocycles. The highest BCUT2D eigenvalue weighted by Gasteiger charge is 2.33. The van der Waals surface area contributed by atoms with E-state index >= 15 is 0 Å². The van der Waals surface area contributed by atoms with Crippen LogP contribution in [-0.2, 0) is 6.18 Å². The summed E-state index contributed by atoms with van der Waals surface area (Å²) in [5.74, 6) is 0. The molecule has 1 aromatic rings. The van der Waals surface area contributed by atoms with Crippen molar-refractivity contribution in [3.63, 3.8) is 0 Å². The van der Waals surface area contributed by atoms with Gasteiger partial charge in [0, 0.05) is 31.4 Å². The average Bonchev–Trinajstić information content (AvgIpc) is 2.66.